The molecular weight excluding hydrogens is 222 g/mol. The summed E-state index contributed by atoms with van der Waals surface area (Å²) in [5.74, 6) is -1.18. The highest BCUT2D eigenvalue weighted by molar-refractivity contribution is 5.81. The van der Waals surface area contributed by atoms with Gasteiger partial charge in [-0.15, -0.1) is 0 Å². The third kappa shape index (κ3) is 7.70. The fourth-order valence-electron chi connectivity index (χ4n) is 1.35. The molecule has 0 saturated heterocycles. The van der Waals surface area contributed by atoms with E-state index in [0.29, 0.717) is 0 Å². The molecule has 2 amide bonds. The predicted molar refractivity (Wildman–Crippen MR) is 64.9 cm³/mol. The van der Waals surface area contributed by atoms with Crippen molar-refractivity contribution in [2.75, 3.05) is 6.54 Å². The van der Waals surface area contributed by atoms with Gasteiger partial charge in [-0.3, -0.25) is 9.59 Å². The van der Waals surface area contributed by atoms with Crippen LogP contribution in [0.15, 0.2) is 0 Å². The third-order valence-corrected chi connectivity index (χ3v) is 2.54. The summed E-state index contributed by atoms with van der Waals surface area (Å²) >= 11 is 0. The lowest BCUT2D eigenvalue weighted by Crippen LogP contribution is -2.41. The van der Waals surface area contributed by atoms with Crippen molar-refractivity contribution in [3.05, 3.63) is 0 Å². The minimum Gasteiger partial charge on any atom is -0.381 e. The number of hydrogen-bond acceptors (Lipinski definition) is 4. The molecule has 17 heavy (non-hydrogen) atoms. The Morgan fingerprint density at radius 3 is 2.35 bits per heavy atom. The summed E-state index contributed by atoms with van der Waals surface area (Å²) in [5.41, 5.74) is 10.5. The highest BCUT2D eigenvalue weighted by Gasteiger charge is 2.16. The van der Waals surface area contributed by atoms with Gasteiger partial charge in [0.05, 0.1) is 6.54 Å². The molecule has 0 rings (SSSR count). The van der Waals surface area contributed by atoms with Gasteiger partial charge in [-0.25, -0.2) is 0 Å². The maximum Gasteiger partial charge on any atom is 0.248 e. The molecule has 0 saturated carbocycles. The van der Waals surface area contributed by atoms with E-state index in [2.05, 4.69) is 5.32 Å². The highest BCUT2D eigenvalue weighted by Crippen LogP contribution is 2.08. The van der Waals surface area contributed by atoms with E-state index >= 15 is 0 Å². The topological polar surface area (TPSA) is 118 Å². The molecule has 6 nitrogen and oxygen atoms in total. The molecule has 0 aromatic heterocycles. The molecule has 6 heteroatoms. The van der Waals surface area contributed by atoms with Gasteiger partial charge in [0, 0.05) is 12.0 Å². The lowest BCUT2D eigenvalue weighted by Gasteiger charge is -2.14. The Hall–Kier alpha value is -1.14. The van der Waals surface area contributed by atoms with Gasteiger partial charge in [-0.1, -0.05) is 13.3 Å². The zero-order chi connectivity index (χ0) is 13.4. The van der Waals surface area contributed by atoms with E-state index in [9.17, 15) is 9.59 Å². The molecule has 0 spiro atoms. The summed E-state index contributed by atoms with van der Waals surface area (Å²) in [6, 6.07) is 0.141. The maximum atomic E-state index is 11.5. The molecule has 0 aromatic rings. The van der Waals surface area contributed by atoms with Crippen LogP contribution in [-0.2, 0) is 9.59 Å². The Bertz CT molecular complexity index is 256. The fourth-order valence-corrected chi connectivity index (χ4v) is 1.35. The molecule has 0 heterocycles. The van der Waals surface area contributed by atoms with Crippen LogP contribution in [0.25, 0.3) is 0 Å². The average molecular weight is 245 g/mol. The largest absolute Gasteiger partial charge is 0.381 e. The second-order valence-corrected chi connectivity index (χ2v) is 4.47. The first-order valence-electron chi connectivity index (χ1n) is 5.85. The Kier molecular flexibility index (Phi) is 7.49. The lowest BCUT2D eigenvalue weighted by atomic mass is 10.0. The second-order valence-electron chi connectivity index (χ2n) is 4.47. The van der Waals surface area contributed by atoms with Crippen LogP contribution in [0.2, 0.25) is 0 Å². The zero-order valence-corrected chi connectivity index (χ0v) is 10.5. The van der Waals surface area contributed by atoms with Gasteiger partial charge in [0.15, 0.2) is 0 Å². The molecule has 6 N–H and O–H groups in total. The molecule has 0 bridgehead atoms. The first-order valence-corrected chi connectivity index (χ1v) is 5.85. The summed E-state index contributed by atoms with van der Waals surface area (Å²) in [7, 11) is 0. The summed E-state index contributed by atoms with van der Waals surface area (Å²) in [6.45, 7) is 3.59. The van der Waals surface area contributed by atoms with Crippen LogP contribution in [0.5, 0.6) is 0 Å². The Morgan fingerprint density at radius 2 is 1.88 bits per heavy atom. The lowest BCUT2D eigenvalue weighted by molar-refractivity contribution is -0.128. The van der Waals surface area contributed by atoms with Crippen LogP contribution in [0.3, 0.4) is 0 Å². The van der Waals surface area contributed by atoms with Crippen molar-refractivity contribution >= 4 is 11.8 Å². The van der Waals surface area contributed by atoms with E-state index in [1.165, 1.54) is 0 Å². The third-order valence-electron chi connectivity index (χ3n) is 2.54. The van der Waals surface area contributed by atoms with Crippen LogP contribution in [0.4, 0.5) is 0 Å². The Labute approximate surface area is 102 Å². The highest BCUT2D eigenvalue weighted by atomic mass is 16.3. The standard InChI is InChI=1S/C11H23N3O3/c1-7(4-3-5-8(2)12)11(17)14-6-9(15)10(13)16/h7-9,15H,3-6,12H2,1-2H3,(H2,13,16)(H,14,17). The molecular formula is C11H23N3O3. The normalized spacial score (nSPS) is 16.0. The maximum absolute atomic E-state index is 11.5. The molecule has 0 aliphatic carbocycles. The quantitative estimate of drug-likeness (QED) is 0.443. The van der Waals surface area contributed by atoms with E-state index in [0.717, 1.165) is 19.3 Å². The van der Waals surface area contributed by atoms with Crippen LogP contribution in [0, 0.1) is 5.92 Å². The molecule has 0 radical (unpaired) electrons. The monoisotopic (exact) mass is 245 g/mol. The van der Waals surface area contributed by atoms with E-state index in [1.807, 2.05) is 6.92 Å². The van der Waals surface area contributed by atoms with E-state index in [-0.39, 0.29) is 24.4 Å². The minimum absolute atomic E-state index is 0.133. The predicted octanol–water partition coefficient (Wildman–Crippen LogP) is -0.898. The number of carbonyl (C=O) groups excluding carboxylic acids is 2. The van der Waals surface area contributed by atoms with Crippen molar-refractivity contribution in [2.24, 2.45) is 17.4 Å². The zero-order valence-electron chi connectivity index (χ0n) is 10.5. The van der Waals surface area contributed by atoms with E-state index in [1.54, 1.807) is 6.92 Å². The number of nitrogens with one attached hydrogen (secondary N) is 1. The van der Waals surface area contributed by atoms with Crippen molar-refractivity contribution < 1.29 is 14.7 Å². The molecule has 100 valence electrons. The van der Waals surface area contributed by atoms with Crippen molar-refractivity contribution in [1.82, 2.24) is 5.32 Å². The van der Waals surface area contributed by atoms with Crippen LogP contribution in [-0.4, -0.2) is 35.6 Å². The van der Waals surface area contributed by atoms with Crippen molar-refractivity contribution in [3.8, 4) is 0 Å². The van der Waals surface area contributed by atoms with Crippen LogP contribution < -0.4 is 16.8 Å². The van der Waals surface area contributed by atoms with Gasteiger partial charge in [0.2, 0.25) is 11.8 Å². The van der Waals surface area contributed by atoms with Crippen LogP contribution >= 0.6 is 0 Å². The summed E-state index contributed by atoms with van der Waals surface area (Å²) < 4.78 is 0. The number of amides is 2. The molecule has 0 fully saturated rings. The van der Waals surface area contributed by atoms with Gasteiger partial charge in [0.1, 0.15) is 6.10 Å². The van der Waals surface area contributed by atoms with Gasteiger partial charge in [0.25, 0.3) is 0 Å². The van der Waals surface area contributed by atoms with Crippen molar-refractivity contribution in [1.29, 1.82) is 0 Å². The number of primary amides is 1. The molecule has 3 atom stereocenters. The van der Waals surface area contributed by atoms with Crippen LogP contribution in [0.1, 0.15) is 33.1 Å². The first-order chi connectivity index (χ1) is 7.84. The number of aliphatic hydroxyl groups excluding tert-OH is 1. The first kappa shape index (κ1) is 15.9. The Balaban J connectivity index is 3.78. The van der Waals surface area contributed by atoms with Gasteiger partial charge >= 0.3 is 0 Å². The Morgan fingerprint density at radius 1 is 1.29 bits per heavy atom. The second kappa shape index (κ2) is 8.03. The fraction of sp³-hybridized carbons (Fsp3) is 0.818. The molecule has 0 aliphatic rings. The number of aliphatic hydroxyl groups is 1. The smallest absolute Gasteiger partial charge is 0.248 e. The van der Waals surface area contributed by atoms with E-state index in [4.69, 9.17) is 16.6 Å². The molecule has 3 unspecified atom stereocenters. The minimum atomic E-state index is -1.32. The number of carbonyl (C=O) groups is 2. The SMILES string of the molecule is CC(N)CCCC(C)C(=O)NCC(O)C(N)=O. The van der Waals surface area contributed by atoms with Gasteiger partial charge < -0.3 is 21.9 Å². The van der Waals surface area contributed by atoms with E-state index < -0.39 is 12.0 Å². The van der Waals surface area contributed by atoms with Crippen molar-refractivity contribution in [2.45, 2.75) is 45.3 Å². The number of rotatable bonds is 8. The average Bonchev–Trinajstić information content (AvgIpc) is 2.24. The summed E-state index contributed by atoms with van der Waals surface area (Å²) in [4.78, 5) is 22.1. The number of hydrogen-bond donors (Lipinski definition) is 4. The van der Waals surface area contributed by atoms with Gasteiger partial charge in [-0.2, -0.15) is 0 Å². The van der Waals surface area contributed by atoms with Crippen molar-refractivity contribution in [3.63, 3.8) is 0 Å². The number of nitrogens with two attached hydrogens (primary N) is 2. The molecule has 0 aromatic carbocycles. The summed E-state index contributed by atoms with van der Waals surface area (Å²) in [5, 5.41) is 11.6. The van der Waals surface area contributed by atoms with Gasteiger partial charge in [-0.05, 0) is 19.8 Å². The summed E-state index contributed by atoms with van der Waals surface area (Å²) in [6.07, 6.45) is 1.17. The molecule has 0 aliphatic heterocycles.